The molecule has 4 nitrogen and oxygen atoms in total. The van der Waals surface area contributed by atoms with E-state index in [0.29, 0.717) is 24.4 Å². The molecule has 3 N–H and O–H groups in total. The third kappa shape index (κ3) is 3.59. The number of fused-ring (bicyclic) bond motifs is 1. The fourth-order valence-corrected chi connectivity index (χ4v) is 4.37. The van der Waals surface area contributed by atoms with Gasteiger partial charge in [-0.15, -0.1) is 4.72 Å². The first-order valence-corrected chi connectivity index (χ1v) is 8.93. The number of carbonyl (C=O) groups excluding carboxylic acids is 1. The summed E-state index contributed by atoms with van der Waals surface area (Å²) in [5, 5.41) is 0. The highest BCUT2D eigenvalue weighted by Crippen LogP contribution is 2.36. The van der Waals surface area contributed by atoms with Crippen LogP contribution in [0.25, 0.3) is 0 Å². The minimum Gasteiger partial charge on any atom is -0.330 e. The summed E-state index contributed by atoms with van der Waals surface area (Å²) in [6, 6.07) is 12.0. The fourth-order valence-electron chi connectivity index (χ4n) is 2.60. The van der Waals surface area contributed by atoms with Crippen molar-refractivity contribution in [2.45, 2.75) is 22.4 Å². The lowest BCUT2D eigenvalue weighted by Crippen LogP contribution is -2.48. The van der Waals surface area contributed by atoms with Crippen LogP contribution in [-0.4, -0.2) is 19.1 Å². The molecule has 2 amide bonds. The molecule has 3 rings (SSSR count). The van der Waals surface area contributed by atoms with E-state index < -0.39 is 22.8 Å². The summed E-state index contributed by atoms with van der Waals surface area (Å²) in [6.07, 6.45) is -3.72. The normalized spacial score (nSPS) is 17.2. The first-order valence-electron chi connectivity index (χ1n) is 7.70. The maximum Gasteiger partial charge on any atom is 0.416 e. The Morgan fingerprint density at radius 3 is 2.40 bits per heavy atom. The molecule has 0 saturated heterocycles. The molecule has 1 unspecified atom stereocenters. The van der Waals surface area contributed by atoms with E-state index in [1.165, 1.54) is 12.1 Å². The first-order chi connectivity index (χ1) is 11.9. The third-order valence-corrected chi connectivity index (χ3v) is 5.72. The Balaban J connectivity index is 1.96. The zero-order chi connectivity index (χ0) is 18.0. The molecular weight excluding hydrogens is 351 g/mol. The van der Waals surface area contributed by atoms with Gasteiger partial charge in [-0.3, -0.25) is 4.90 Å². The smallest absolute Gasteiger partial charge is 0.330 e. The summed E-state index contributed by atoms with van der Waals surface area (Å²) in [5.41, 5.74) is 5.59. The molecule has 2 aromatic rings. The molecule has 0 saturated carbocycles. The zero-order valence-corrected chi connectivity index (χ0v) is 14.0. The van der Waals surface area contributed by atoms with Crippen molar-refractivity contribution in [1.82, 2.24) is 4.72 Å². The second kappa shape index (κ2) is 6.97. The lowest BCUT2D eigenvalue weighted by molar-refractivity contribution is -0.137. The number of rotatable bonds is 4. The Morgan fingerprint density at radius 1 is 1.08 bits per heavy atom. The van der Waals surface area contributed by atoms with Crippen LogP contribution in [0.15, 0.2) is 58.3 Å². The van der Waals surface area contributed by atoms with Crippen LogP contribution in [0.5, 0.6) is 0 Å². The molecule has 0 aromatic heterocycles. The Kier molecular flexibility index (Phi) is 4.91. The molecule has 0 radical (unpaired) electrons. The predicted molar refractivity (Wildman–Crippen MR) is 91.3 cm³/mol. The largest absolute Gasteiger partial charge is 0.416 e. The van der Waals surface area contributed by atoms with E-state index in [1.54, 1.807) is 4.90 Å². The maximum atomic E-state index is 12.7. The van der Waals surface area contributed by atoms with Gasteiger partial charge in [-0.1, -0.05) is 12.1 Å². The number of anilines is 1. The highest BCUT2D eigenvalue weighted by molar-refractivity contribution is 7.96. The van der Waals surface area contributed by atoms with Crippen molar-refractivity contribution in [1.29, 1.82) is 0 Å². The predicted octanol–water partition coefficient (Wildman–Crippen LogP) is 3.54. The number of halogens is 3. The van der Waals surface area contributed by atoms with Gasteiger partial charge in [0.15, 0.2) is 16.0 Å². The van der Waals surface area contributed by atoms with E-state index >= 15 is 0 Å². The van der Waals surface area contributed by atoms with Crippen molar-refractivity contribution in [2.75, 3.05) is 18.0 Å². The number of hydrogen-bond donors (Lipinski definition) is 2. The second-order valence-corrected chi connectivity index (χ2v) is 7.22. The van der Waals surface area contributed by atoms with Gasteiger partial charge in [0.2, 0.25) is 4.90 Å². The topological polar surface area (TPSA) is 58.4 Å². The van der Waals surface area contributed by atoms with Crippen LogP contribution in [0, 0.1) is 0 Å². The standard InChI is InChI=1S/C17H16F3N3OS/c18-17(19,20)12-6-8-13(9-7-12)25-15-5-2-1-4-14(15)23(11-3-10-21)16(24)22-25/h1-2,4-9H,3,10-11,21H2/p+1. The monoisotopic (exact) mass is 368 g/mol. The fraction of sp³-hybridized carbons (Fsp3) is 0.235. The molecule has 132 valence electrons. The van der Waals surface area contributed by atoms with E-state index in [9.17, 15) is 18.0 Å². The highest BCUT2D eigenvalue weighted by atomic mass is 32.2. The van der Waals surface area contributed by atoms with Crippen LogP contribution < -0.4 is 15.4 Å². The summed E-state index contributed by atoms with van der Waals surface area (Å²) in [4.78, 5) is 15.6. The van der Waals surface area contributed by atoms with E-state index in [0.717, 1.165) is 22.7 Å². The Hall–Kier alpha value is -2.19. The van der Waals surface area contributed by atoms with Gasteiger partial charge in [-0.2, -0.15) is 13.2 Å². The number of nitrogens with zero attached hydrogens (tertiary/aromatic N) is 1. The number of alkyl halides is 3. The second-order valence-electron chi connectivity index (χ2n) is 5.50. The summed E-state index contributed by atoms with van der Waals surface area (Å²) < 4.78 is 41.1. The molecule has 8 heteroatoms. The summed E-state index contributed by atoms with van der Waals surface area (Å²) in [6.45, 7) is 0.958. The third-order valence-electron chi connectivity index (χ3n) is 3.81. The number of nitrogens with one attached hydrogen (secondary N) is 1. The molecular formula is C17H17F3N3OS+. The SMILES string of the molecule is NCCCN1C(=O)N[S+](c2ccc(C(F)(F)F)cc2)c2ccccc21. The number of carbonyl (C=O) groups is 1. The van der Waals surface area contributed by atoms with Crippen molar-refractivity contribution in [3.8, 4) is 0 Å². The summed E-state index contributed by atoms with van der Waals surface area (Å²) in [5.74, 6) is 0. The van der Waals surface area contributed by atoms with Gasteiger partial charge in [0.05, 0.1) is 5.56 Å². The van der Waals surface area contributed by atoms with Gasteiger partial charge in [-0.25, -0.2) is 4.79 Å². The minimum absolute atomic E-state index is 0.268. The number of urea groups is 1. The van der Waals surface area contributed by atoms with Gasteiger partial charge in [-0.05, 0) is 49.4 Å². The molecule has 1 atom stereocenters. The van der Waals surface area contributed by atoms with Crippen molar-refractivity contribution < 1.29 is 18.0 Å². The van der Waals surface area contributed by atoms with Gasteiger partial charge < -0.3 is 5.73 Å². The van der Waals surface area contributed by atoms with Crippen molar-refractivity contribution in [2.24, 2.45) is 5.73 Å². The quantitative estimate of drug-likeness (QED) is 0.811. The van der Waals surface area contributed by atoms with Crippen LogP contribution in [0.4, 0.5) is 23.7 Å². The molecule has 2 aromatic carbocycles. The lowest BCUT2D eigenvalue weighted by atomic mass is 10.2. The molecule has 0 aliphatic carbocycles. The minimum atomic E-state index is -4.38. The summed E-state index contributed by atoms with van der Waals surface area (Å²) >= 11 is -0.814. The molecule has 25 heavy (non-hydrogen) atoms. The molecule has 1 aliphatic rings. The van der Waals surface area contributed by atoms with Crippen molar-refractivity contribution in [3.05, 3.63) is 54.1 Å². The number of amides is 2. The molecule has 0 fully saturated rings. The Bertz CT molecular complexity index is 764. The molecule has 0 spiro atoms. The van der Waals surface area contributed by atoms with Gasteiger partial charge in [0.1, 0.15) is 5.69 Å². The lowest BCUT2D eigenvalue weighted by Gasteiger charge is -2.28. The average molecular weight is 368 g/mol. The number of para-hydroxylation sites is 1. The van der Waals surface area contributed by atoms with Gasteiger partial charge >= 0.3 is 12.2 Å². The summed E-state index contributed by atoms with van der Waals surface area (Å²) in [7, 11) is 0. The van der Waals surface area contributed by atoms with Gasteiger partial charge in [0, 0.05) is 6.54 Å². The Morgan fingerprint density at radius 2 is 1.76 bits per heavy atom. The van der Waals surface area contributed by atoms with Crippen molar-refractivity contribution >= 4 is 22.8 Å². The van der Waals surface area contributed by atoms with Crippen LogP contribution in [-0.2, 0) is 17.3 Å². The van der Waals surface area contributed by atoms with E-state index in [1.807, 2.05) is 24.3 Å². The van der Waals surface area contributed by atoms with E-state index in [-0.39, 0.29) is 6.03 Å². The number of hydrogen-bond acceptors (Lipinski definition) is 2. The number of nitrogens with two attached hydrogens (primary N) is 1. The highest BCUT2D eigenvalue weighted by Gasteiger charge is 2.41. The van der Waals surface area contributed by atoms with Crippen molar-refractivity contribution in [3.63, 3.8) is 0 Å². The van der Waals surface area contributed by atoms with Crippen LogP contribution >= 0.6 is 0 Å². The van der Waals surface area contributed by atoms with Crippen LogP contribution in [0.3, 0.4) is 0 Å². The maximum absolute atomic E-state index is 12.7. The van der Waals surface area contributed by atoms with Crippen LogP contribution in [0.1, 0.15) is 12.0 Å². The van der Waals surface area contributed by atoms with Crippen LogP contribution in [0.2, 0.25) is 0 Å². The molecule has 1 aliphatic heterocycles. The van der Waals surface area contributed by atoms with Gasteiger partial charge in [0.25, 0.3) is 0 Å². The first kappa shape index (κ1) is 17.6. The average Bonchev–Trinajstić information content (AvgIpc) is 2.60. The van der Waals surface area contributed by atoms with E-state index in [4.69, 9.17) is 5.73 Å². The molecule has 0 bridgehead atoms. The zero-order valence-electron chi connectivity index (χ0n) is 13.2. The Labute approximate surface area is 146 Å². The number of benzene rings is 2. The molecule has 1 heterocycles. The van der Waals surface area contributed by atoms with E-state index in [2.05, 4.69) is 4.72 Å².